The van der Waals surface area contributed by atoms with Gasteiger partial charge in [0.05, 0.1) is 0 Å². The molecule has 726 valence electrons. The average molecular weight is 1890 g/mol. The molecule has 0 radical (unpaired) electrons. The molecule has 0 saturated heterocycles. The summed E-state index contributed by atoms with van der Waals surface area (Å²) in [5, 5.41) is 4.71. The number of benzene rings is 16. The van der Waals surface area contributed by atoms with Crippen molar-refractivity contribution in [2.75, 3.05) is 4.90 Å². The molecular weight excluding hydrogens is 1750 g/mol. The van der Waals surface area contributed by atoms with E-state index in [4.69, 9.17) is 8.83 Å². The summed E-state index contributed by atoms with van der Waals surface area (Å²) < 4.78 is 14.7. The van der Waals surface area contributed by atoms with Gasteiger partial charge >= 0.3 is 0 Å². The van der Waals surface area contributed by atoms with Gasteiger partial charge in [0, 0.05) is 87.6 Å². The van der Waals surface area contributed by atoms with Crippen LogP contribution in [0, 0.1) is 6.92 Å². The molecule has 3 nitrogen and oxygen atoms in total. The van der Waals surface area contributed by atoms with Gasteiger partial charge in [-0.1, -0.05) is 413 Å². The fourth-order valence-electron chi connectivity index (χ4n) is 29.1. The molecule has 0 N–H and O–H groups in total. The van der Waals surface area contributed by atoms with Gasteiger partial charge < -0.3 is 13.7 Å². The summed E-state index contributed by atoms with van der Waals surface area (Å²) in [7, 11) is 0. The van der Waals surface area contributed by atoms with Crippen LogP contribution in [0.1, 0.15) is 334 Å². The fourth-order valence-corrected chi connectivity index (χ4v) is 29.1. The van der Waals surface area contributed by atoms with E-state index in [9.17, 15) is 0 Å². The molecule has 145 heavy (non-hydrogen) atoms. The monoisotopic (exact) mass is 1890 g/mol. The summed E-state index contributed by atoms with van der Waals surface area (Å²) >= 11 is 0. The molecular formula is C142H141NO2. The highest BCUT2D eigenvalue weighted by Gasteiger charge is 2.50. The van der Waals surface area contributed by atoms with Crippen LogP contribution in [-0.4, -0.2) is 0 Å². The lowest BCUT2D eigenvalue weighted by atomic mass is 9.70. The number of furan rings is 2. The number of para-hydroxylation sites is 2. The van der Waals surface area contributed by atoms with Gasteiger partial charge in [-0.3, -0.25) is 0 Å². The van der Waals surface area contributed by atoms with Gasteiger partial charge in [-0.2, -0.15) is 0 Å². The number of fused-ring (bicyclic) bond motifs is 29. The lowest BCUT2D eigenvalue weighted by Gasteiger charge is -2.33. The van der Waals surface area contributed by atoms with Gasteiger partial charge in [0.1, 0.15) is 22.3 Å². The van der Waals surface area contributed by atoms with E-state index in [-0.39, 0.29) is 32.5 Å². The minimum atomic E-state index is -0.400. The molecule has 7 aliphatic carbocycles. The molecule has 0 bridgehead atoms. The van der Waals surface area contributed by atoms with Gasteiger partial charge in [-0.25, -0.2) is 0 Å². The maximum absolute atomic E-state index is 7.35. The zero-order chi connectivity index (χ0) is 99.1. The lowest BCUT2D eigenvalue weighted by molar-refractivity contribution is 0.399. The van der Waals surface area contributed by atoms with Gasteiger partial charge in [0.2, 0.25) is 0 Å². The van der Waals surface area contributed by atoms with E-state index in [1.54, 1.807) is 22.3 Å². The second-order valence-electron chi connectivity index (χ2n) is 47.5. The molecule has 3 heteroatoms. The van der Waals surface area contributed by atoms with Crippen molar-refractivity contribution in [3.63, 3.8) is 0 Å². The Kier molecular flexibility index (Phi) is 22.7. The molecule has 7 aliphatic rings. The molecule has 0 atom stereocenters. The van der Waals surface area contributed by atoms with E-state index in [0.717, 1.165) is 61.3 Å². The molecule has 18 aromatic rings. The van der Waals surface area contributed by atoms with Crippen LogP contribution >= 0.6 is 0 Å². The fraction of sp³-hybridized carbons (Fsp3) is 0.324. The minimum Gasteiger partial charge on any atom is -0.455 e. The first-order valence-electron chi connectivity index (χ1n) is 55.8. The predicted octanol–water partition coefficient (Wildman–Crippen LogP) is 41.4. The van der Waals surface area contributed by atoms with Crippen LogP contribution in [0.15, 0.2) is 300 Å². The standard InChI is InChI=1S/C142H141NO2/c1-16-20-24-28-40-72-141(73-41-29-25-21-17-2)114-48-36-32-44-98(114)104-66-56-91(78-124(104)141)89-54-64-100-102-68-58-93(80-118(102)136(6,7)116(100)76-89)110-84-126-130(132-108-46-34-38-50-128(108)144-134(110)132)107-71-63-97(83-121(107)139(126,12)13)143(95-60-52-88(5)53-61-95)96-62-70-106-112-86-123-113(87-122(112)138(10,11)120(106)82-96)131-127(140(123,14)15)85-111(135-133(131)109-47-35-39-51-129(109)145-135)94-59-69-103-101-65-55-90(77-117(101)137(8,9)119(103)81-94)92-57-67-105-99-45-33-37-49-115(99)142(125(105)79-92,74-42-30-26-22-18-3)75-43-31-27-23-19-4/h32-39,44-71,76-87H,16-31,40-43,72-75H2,1-15H3. The Morgan fingerprint density at radius 2 is 0.483 bits per heavy atom. The predicted molar refractivity (Wildman–Crippen MR) is 616 cm³/mol. The summed E-state index contributed by atoms with van der Waals surface area (Å²) in [6, 6.07) is 115. The van der Waals surface area contributed by atoms with Crippen LogP contribution in [0.2, 0.25) is 0 Å². The largest absolute Gasteiger partial charge is 0.455 e. The number of rotatable bonds is 31. The van der Waals surface area contributed by atoms with E-state index >= 15 is 0 Å². The third kappa shape index (κ3) is 14.4. The number of aryl methyl sites for hydroxylation is 1. The Morgan fingerprint density at radius 3 is 0.897 bits per heavy atom. The number of nitrogens with zero attached hydrogens (tertiary/aromatic N) is 1. The van der Waals surface area contributed by atoms with Crippen molar-refractivity contribution >= 4 is 60.9 Å². The highest BCUT2D eigenvalue weighted by Crippen LogP contribution is 2.66. The first kappa shape index (κ1) is 93.0. The van der Waals surface area contributed by atoms with E-state index in [1.165, 1.54) is 337 Å². The first-order valence-corrected chi connectivity index (χ1v) is 55.8. The molecule has 0 aliphatic heterocycles. The molecule has 0 unspecified atom stereocenters. The SMILES string of the molecule is CCCCCCCC1(CCCCCCC)c2ccccc2-c2ccc(-c3ccc4c(c3)C(C)(C)c3cc(-c5cc6c(c7c5oc5ccccc57)-c5ccc(N(c7ccc(C)cc7)c7ccc8c(c7)C(C)(C)c7cc9c(cc7-8)C(C)(C)c7cc(-c8ccc%10c(c8)C(C)(C)c8cc(-c%11ccc%12c(c%11)C(CCCCCCC)(CCCCCCC)c%11ccccc%11-%12)ccc8-%10)c8oc%10ccccc%10c8c7-9)cc5C6(C)C)ccc3-4)cc21. The molecule has 0 saturated carbocycles. The van der Waals surface area contributed by atoms with Crippen molar-refractivity contribution in [1.29, 1.82) is 0 Å². The van der Waals surface area contributed by atoms with E-state index in [1.807, 2.05) is 0 Å². The number of hydrogen-bond donors (Lipinski definition) is 0. The summed E-state index contributed by atoms with van der Waals surface area (Å²) in [6.45, 7) is 36.3. The Balaban J connectivity index is 0.530. The topological polar surface area (TPSA) is 29.5 Å². The van der Waals surface area contributed by atoms with Crippen LogP contribution in [0.4, 0.5) is 17.1 Å². The molecule has 0 fully saturated rings. The average Bonchev–Trinajstić information content (AvgIpc) is 1.51. The first-order chi connectivity index (χ1) is 70.4. The number of unbranched alkanes of at least 4 members (excludes halogenated alkanes) is 16. The zero-order valence-electron chi connectivity index (χ0n) is 88.4. The van der Waals surface area contributed by atoms with Crippen LogP contribution in [0.25, 0.3) is 166 Å². The highest BCUT2D eigenvalue weighted by atomic mass is 16.3. The second-order valence-corrected chi connectivity index (χ2v) is 47.5. The Hall–Kier alpha value is -13.1. The maximum Gasteiger partial charge on any atom is 0.143 e. The lowest BCUT2D eigenvalue weighted by Crippen LogP contribution is -2.25. The van der Waals surface area contributed by atoms with Crippen molar-refractivity contribution in [3.8, 4) is 122 Å². The zero-order valence-corrected chi connectivity index (χ0v) is 88.4. The Bertz CT molecular complexity index is 8270. The molecule has 0 amide bonds. The van der Waals surface area contributed by atoms with Crippen LogP contribution in [0.5, 0.6) is 0 Å². The summed E-state index contributed by atoms with van der Waals surface area (Å²) in [4.78, 5) is 2.53. The molecule has 2 aromatic heterocycles. The van der Waals surface area contributed by atoms with E-state index < -0.39 is 5.41 Å². The normalized spacial score (nSPS) is 15.8. The third-order valence-electron chi connectivity index (χ3n) is 37.1. The van der Waals surface area contributed by atoms with Gasteiger partial charge in [-0.15, -0.1) is 0 Å². The quantitative estimate of drug-likeness (QED) is 0.0406. The van der Waals surface area contributed by atoms with Crippen molar-refractivity contribution in [2.24, 2.45) is 0 Å². The van der Waals surface area contributed by atoms with Crippen molar-refractivity contribution < 1.29 is 8.83 Å². The Morgan fingerprint density at radius 1 is 0.207 bits per heavy atom. The minimum absolute atomic E-state index is 0.0215. The van der Waals surface area contributed by atoms with Crippen molar-refractivity contribution in [2.45, 2.75) is 296 Å². The summed E-state index contributed by atoms with van der Waals surface area (Å²) in [5.41, 5.74) is 55.4. The highest BCUT2D eigenvalue weighted by molar-refractivity contribution is 6.21. The van der Waals surface area contributed by atoms with E-state index in [2.05, 4.69) is 400 Å². The Labute approximate surface area is 861 Å². The van der Waals surface area contributed by atoms with E-state index in [0.29, 0.717) is 0 Å². The number of hydrogen-bond acceptors (Lipinski definition) is 3. The molecule has 25 rings (SSSR count). The van der Waals surface area contributed by atoms with Crippen LogP contribution in [0.3, 0.4) is 0 Å². The summed E-state index contributed by atoms with van der Waals surface area (Å²) in [6.07, 6.45) is 30.8. The smallest absolute Gasteiger partial charge is 0.143 e. The van der Waals surface area contributed by atoms with Crippen molar-refractivity contribution in [3.05, 3.63) is 375 Å². The third-order valence-corrected chi connectivity index (χ3v) is 37.1. The van der Waals surface area contributed by atoms with Gasteiger partial charge in [-0.05, 0) is 331 Å². The van der Waals surface area contributed by atoms with Crippen LogP contribution < -0.4 is 4.90 Å². The second kappa shape index (κ2) is 35.4. The maximum atomic E-state index is 7.35. The number of anilines is 3. The summed E-state index contributed by atoms with van der Waals surface area (Å²) in [5.74, 6) is 0. The van der Waals surface area contributed by atoms with Crippen molar-refractivity contribution in [1.82, 2.24) is 0 Å². The van der Waals surface area contributed by atoms with Gasteiger partial charge in [0.25, 0.3) is 0 Å². The molecule has 0 spiro atoms. The molecule has 2 heterocycles. The van der Waals surface area contributed by atoms with Gasteiger partial charge in [0.15, 0.2) is 0 Å². The van der Waals surface area contributed by atoms with Crippen LogP contribution in [-0.2, 0) is 37.9 Å². The molecule has 16 aromatic carbocycles.